The third kappa shape index (κ3) is 5.34. The van der Waals surface area contributed by atoms with Crippen LogP contribution in [0.2, 0.25) is 0 Å². The molecule has 0 radical (unpaired) electrons. The summed E-state index contributed by atoms with van der Waals surface area (Å²) >= 11 is 0. The number of nitrogens with one attached hydrogen (secondary N) is 1. The van der Waals surface area contributed by atoms with E-state index >= 15 is 0 Å². The third-order valence-electron chi connectivity index (χ3n) is 4.22. The van der Waals surface area contributed by atoms with Crippen LogP contribution >= 0.6 is 0 Å². The fourth-order valence-electron chi connectivity index (χ4n) is 2.90. The molecule has 1 aliphatic heterocycles. The molecule has 6 nitrogen and oxygen atoms in total. The van der Waals surface area contributed by atoms with Gasteiger partial charge in [0, 0.05) is 45.2 Å². The molecule has 0 saturated carbocycles. The Labute approximate surface area is 148 Å². The quantitative estimate of drug-likeness (QED) is 0.899. The van der Waals surface area contributed by atoms with Gasteiger partial charge in [0.05, 0.1) is 11.7 Å². The van der Waals surface area contributed by atoms with Crippen LogP contribution in [0.25, 0.3) is 0 Å². The monoisotopic (exact) mass is 340 g/mol. The van der Waals surface area contributed by atoms with Crippen molar-refractivity contribution in [3.05, 3.63) is 59.7 Å². The molecule has 1 amide bonds. The van der Waals surface area contributed by atoms with Gasteiger partial charge in [0.25, 0.3) is 5.91 Å². The molecule has 3 rings (SSSR count). The van der Waals surface area contributed by atoms with Gasteiger partial charge in [0.1, 0.15) is 5.82 Å². The van der Waals surface area contributed by atoms with E-state index in [2.05, 4.69) is 44.5 Å². The average molecular weight is 340 g/mol. The van der Waals surface area contributed by atoms with Gasteiger partial charge < -0.3 is 10.1 Å². The van der Waals surface area contributed by atoms with Gasteiger partial charge in [0.15, 0.2) is 0 Å². The lowest BCUT2D eigenvalue weighted by atomic mass is 10.2. The molecule has 1 aromatic heterocycles. The van der Waals surface area contributed by atoms with E-state index < -0.39 is 0 Å². The Morgan fingerprint density at radius 2 is 2.04 bits per heavy atom. The number of hydrogen-bond acceptors (Lipinski definition) is 5. The summed E-state index contributed by atoms with van der Waals surface area (Å²) < 4.78 is 5.89. The van der Waals surface area contributed by atoms with Crippen LogP contribution in [-0.2, 0) is 11.3 Å². The number of carbonyl (C=O) groups is 1. The topological polar surface area (TPSA) is 67.4 Å². The molecular formula is C19H24N4O2. The van der Waals surface area contributed by atoms with Crippen molar-refractivity contribution in [2.24, 2.45) is 0 Å². The molecule has 1 saturated heterocycles. The minimum absolute atomic E-state index is 0.0125. The van der Waals surface area contributed by atoms with Crippen LogP contribution in [0.3, 0.4) is 0 Å². The lowest BCUT2D eigenvalue weighted by Gasteiger charge is -2.24. The number of rotatable bonds is 5. The van der Waals surface area contributed by atoms with E-state index in [1.807, 2.05) is 6.07 Å². The molecule has 2 aromatic rings. The van der Waals surface area contributed by atoms with Crippen molar-refractivity contribution in [2.45, 2.75) is 26.0 Å². The normalized spacial score (nSPS) is 18.5. The van der Waals surface area contributed by atoms with Gasteiger partial charge in [-0.25, -0.2) is 9.97 Å². The Morgan fingerprint density at radius 3 is 2.80 bits per heavy atom. The highest BCUT2D eigenvalue weighted by atomic mass is 16.5. The molecule has 1 aliphatic rings. The molecule has 0 spiro atoms. The molecule has 132 valence electrons. The largest absolute Gasteiger partial charge is 0.375 e. The number of amides is 1. The fourth-order valence-corrected chi connectivity index (χ4v) is 2.90. The van der Waals surface area contributed by atoms with E-state index in [9.17, 15) is 4.79 Å². The van der Waals surface area contributed by atoms with Crippen molar-refractivity contribution in [1.29, 1.82) is 0 Å². The van der Waals surface area contributed by atoms with Crippen LogP contribution < -0.4 is 5.32 Å². The number of benzene rings is 1. The highest BCUT2D eigenvalue weighted by Crippen LogP contribution is 2.10. The molecule has 0 bridgehead atoms. The first-order valence-corrected chi connectivity index (χ1v) is 8.65. The highest BCUT2D eigenvalue weighted by molar-refractivity contribution is 5.93. The molecule has 1 N–H and O–H groups in total. The smallest absolute Gasteiger partial charge is 0.254 e. The summed E-state index contributed by atoms with van der Waals surface area (Å²) in [6, 6.07) is 10.4. The standard InChI is InChI=1S/C19H24N4O2/c1-15-20-10-17(11-21-15)19(24)22-12-18-14-23(8-5-9-25-18)13-16-6-3-2-4-7-16/h2-4,6-7,10-11,18H,5,8-9,12-14H2,1H3,(H,22,24). The Bertz CT molecular complexity index is 676. The molecule has 6 heteroatoms. The summed E-state index contributed by atoms with van der Waals surface area (Å²) in [5, 5.41) is 2.93. The number of nitrogens with zero attached hydrogens (tertiary/aromatic N) is 3. The zero-order valence-electron chi connectivity index (χ0n) is 14.5. The summed E-state index contributed by atoms with van der Waals surface area (Å²) in [5.74, 6) is 0.489. The maximum Gasteiger partial charge on any atom is 0.254 e. The van der Waals surface area contributed by atoms with E-state index in [0.717, 1.165) is 32.7 Å². The summed E-state index contributed by atoms with van der Waals surface area (Å²) in [7, 11) is 0. The summed E-state index contributed by atoms with van der Waals surface area (Å²) in [5.41, 5.74) is 1.77. The van der Waals surface area contributed by atoms with E-state index in [-0.39, 0.29) is 12.0 Å². The second-order valence-electron chi connectivity index (χ2n) is 6.30. The van der Waals surface area contributed by atoms with Crippen LogP contribution in [0, 0.1) is 6.92 Å². The Kier molecular flexibility index (Phi) is 6.09. The highest BCUT2D eigenvalue weighted by Gasteiger charge is 2.20. The van der Waals surface area contributed by atoms with E-state index in [1.165, 1.54) is 5.56 Å². The Morgan fingerprint density at radius 1 is 1.28 bits per heavy atom. The van der Waals surface area contributed by atoms with Gasteiger partial charge in [-0.2, -0.15) is 0 Å². The maximum atomic E-state index is 12.2. The Balaban J connectivity index is 1.52. The van der Waals surface area contributed by atoms with Crippen LogP contribution in [0.5, 0.6) is 0 Å². The van der Waals surface area contributed by atoms with Crippen molar-refractivity contribution >= 4 is 5.91 Å². The molecule has 0 aliphatic carbocycles. The van der Waals surface area contributed by atoms with Gasteiger partial charge in [0.2, 0.25) is 0 Å². The zero-order valence-corrected chi connectivity index (χ0v) is 14.5. The second-order valence-corrected chi connectivity index (χ2v) is 6.30. The number of ether oxygens (including phenoxy) is 1. The Hall–Kier alpha value is -2.31. The lowest BCUT2D eigenvalue weighted by molar-refractivity contribution is 0.0510. The molecule has 25 heavy (non-hydrogen) atoms. The number of aromatic nitrogens is 2. The number of hydrogen-bond donors (Lipinski definition) is 1. The predicted molar refractivity (Wildman–Crippen MR) is 95.2 cm³/mol. The molecule has 2 heterocycles. The van der Waals surface area contributed by atoms with Gasteiger partial charge >= 0.3 is 0 Å². The van der Waals surface area contributed by atoms with Gasteiger partial charge in [-0.3, -0.25) is 9.69 Å². The molecular weight excluding hydrogens is 316 g/mol. The summed E-state index contributed by atoms with van der Waals surface area (Å²) in [4.78, 5) is 22.7. The van der Waals surface area contributed by atoms with Crippen molar-refractivity contribution in [3.8, 4) is 0 Å². The number of aryl methyl sites for hydroxylation is 1. The summed E-state index contributed by atoms with van der Waals surface area (Å²) in [6.45, 7) is 5.71. The minimum atomic E-state index is -0.164. The van der Waals surface area contributed by atoms with Crippen LogP contribution in [0.15, 0.2) is 42.7 Å². The number of carbonyl (C=O) groups excluding carboxylic acids is 1. The van der Waals surface area contributed by atoms with Gasteiger partial charge in [-0.15, -0.1) is 0 Å². The molecule has 1 aromatic carbocycles. The average Bonchev–Trinajstić information content (AvgIpc) is 2.86. The fraction of sp³-hybridized carbons (Fsp3) is 0.421. The van der Waals surface area contributed by atoms with Crippen molar-refractivity contribution in [3.63, 3.8) is 0 Å². The van der Waals surface area contributed by atoms with Crippen LogP contribution in [0.4, 0.5) is 0 Å². The molecule has 1 fully saturated rings. The van der Waals surface area contributed by atoms with E-state index in [1.54, 1.807) is 19.3 Å². The summed E-state index contributed by atoms with van der Waals surface area (Å²) in [6.07, 6.45) is 4.09. The third-order valence-corrected chi connectivity index (χ3v) is 4.22. The SMILES string of the molecule is Cc1ncc(C(=O)NCC2CN(Cc3ccccc3)CCCO2)cn1. The molecule has 1 atom stereocenters. The first-order chi connectivity index (χ1) is 12.2. The predicted octanol–water partition coefficient (Wildman–Crippen LogP) is 1.81. The van der Waals surface area contributed by atoms with Crippen LogP contribution in [0.1, 0.15) is 28.2 Å². The first-order valence-electron chi connectivity index (χ1n) is 8.65. The van der Waals surface area contributed by atoms with Crippen molar-refractivity contribution in [2.75, 3.05) is 26.2 Å². The maximum absolute atomic E-state index is 12.2. The van der Waals surface area contributed by atoms with Crippen molar-refractivity contribution < 1.29 is 9.53 Å². The minimum Gasteiger partial charge on any atom is -0.375 e. The van der Waals surface area contributed by atoms with Gasteiger partial charge in [-0.05, 0) is 18.9 Å². The van der Waals surface area contributed by atoms with E-state index in [4.69, 9.17) is 4.74 Å². The molecule has 1 unspecified atom stereocenters. The van der Waals surface area contributed by atoms with E-state index in [0.29, 0.717) is 17.9 Å². The second kappa shape index (κ2) is 8.69. The lowest BCUT2D eigenvalue weighted by Crippen LogP contribution is -2.40. The zero-order chi connectivity index (χ0) is 17.5. The van der Waals surface area contributed by atoms with Crippen molar-refractivity contribution in [1.82, 2.24) is 20.2 Å². The first kappa shape index (κ1) is 17.5. The van der Waals surface area contributed by atoms with Gasteiger partial charge in [-0.1, -0.05) is 30.3 Å². The van der Waals surface area contributed by atoms with Crippen LogP contribution in [-0.4, -0.2) is 53.1 Å².